The molecule has 0 aliphatic carbocycles. The summed E-state index contributed by atoms with van der Waals surface area (Å²) in [6.45, 7) is 5.85. The summed E-state index contributed by atoms with van der Waals surface area (Å²) in [4.78, 5) is 14.6. The van der Waals surface area contributed by atoms with Crippen LogP contribution in [0.25, 0.3) is 0 Å². The molecule has 4 heteroatoms. The van der Waals surface area contributed by atoms with Crippen LogP contribution in [0.5, 0.6) is 0 Å². The van der Waals surface area contributed by atoms with Crippen LogP contribution in [0.4, 0.5) is 0 Å². The molecule has 0 N–H and O–H groups in total. The molecular weight excluding hydrogens is 276 g/mol. The van der Waals surface area contributed by atoms with Crippen molar-refractivity contribution in [1.29, 1.82) is 0 Å². The largest absolute Gasteiger partial charge is 0.292 e. The van der Waals surface area contributed by atoms with Crippen molar-refractivity contribution in [1.82, 2.24) is 0 Å². The Morgan fingerprint density at radius 2 is 1.89 bits per heavy atom. The maximum atomic E-state index is 12.3. The molecule has 0 aliphatic heterocycles. The summed E-state index contributed by atoms with van der Waals surface area (Å²) >= 11 is 1.46. The third kappa shape index (κ3) is 3.39. The minimum atomic E-state index is -1.27. The van der Waals surface area contributed by atoms with E-state index < -0.39 is 10.8 Å². The molecule has 1 atom stereocenters. The van der Waals surface area contributed by atoms with E-state index in [1.807, 2.05) is 51.1 Å². The van der Waals surface area contributed by atoms with Crippen molar-refractivity contribution in [3.05, 3.63) is 51.2 Å². The zero-order valence-electron chi connectivity index (χ0n) is 11.2. The number of carbonyl (C=O) groups excluding carboxylic acids is 1. The first-order valence-corrected chi connectivity index (χ1v) is 8.16. The molecule has 100 valence electrons. The van der Waals surface area contributed by atoms with Gasteiger partial charge in [-0.2, -0.15) is 0 Å². The van der Waals surface area contributed by atoms with Gasteiger partial charge in [-0.1, -0.05) is 12.1 Å². The lowest BCUT2D eigenvalue weighted by atomic mass is 10.2. The predicted octanol–water partition coefficient (Wildman–Crippen LogP) is 3.66. The Kier molecular flexibility index (Phi) is 4.32. The van der Waals surface area contributed by atoms with Gasteiger partial charge in [-0.3, -0.25) is 9.00 Å². The number of carbonyl (C=O) groups is 1. The molecule has 1 heterocycles. The fourth-order valence-corrected chi connectivity index (χ4v) is 3.99. The molecule has 0 saturated heterocycles. The van der Waals surface area contributed by atoms with Gasteiger partial charge in [-0.25, -0.2) is 0 Å². The zero-order valence-corrected chi connectivity index (χ0v) is 12.9. The van der Waals surface area contributed by atoms with Gasteiger partial charge in [0.25, 0.3) is 0 Å². The van der Waals surface area contributed by atoms with E-state index in [1.54, 1.807) is 0 Å². The van der Waals surface area contributed by atoms with Crippen LogP contribution in [0.3, 0.4) is 0 Å². The molecular formula is C15H16O2S2. The van der Waals surface area contributed by atoms with Crippen molar-refractivity contribution >= 4 is 27.9 Å². The van der Waals surface area contributed by atoms with E-state index in [0.29, 0.717) is 4.88 Å². The van der Waals surface area contributed by atoms with E-state index in [4.69, 9.17) is 0 Å². The maximum Gasteiger partial charge on any atom is 0.185 e. The second-order valence-electron chi connectivity index (χ2n) is 4.59. The van der Waals surface area contributed by atoms with Crippen molar-refractivity contribution < 1.29 is 9.00 Å². The summed E-state index contributed by atoms with van der Waals surface area (Å²) in [5.41, 5.74) is 2.03. The molecule has 0 amide bonds. The first-order valence-electron chi connectivity index (χ1n) is 6.02. The Hall–Kier alpha value is -1.26. The number of Topliss-reactive ketones (excluding diaryl/α,β-unsaturated/α-hetero) is 1. The third-order valence-corrected chi connectivity index (χ3v) is 5.36. The van der Waals surface area contributed by atoms with Gasteiger partial charge in [-0.15, -0.1) is 11.3 Å². The molecule has 2 aromatic rings. The normalized spacial score (nSPS) is 12.4. The lowest BCUT2D eigenvalue weighted by Crippen LogP contribution is -2.10. The zero-order chi connectivity index (χ0) is 14.0. The van der Waals surface area contributed by atoms with Crippen LogP contribution < -0.4 is 0 Å². The van der Waals surface area contributed by atoms with Gasteiger partial charge in [0.1, 0.15) is 0 Å². The second-order valence-corrected chi connectivity index (χ2v) is 7.30. The standard InChI is InChI=1S/C15H16O2S2/c1-10-4-5-11(2)15(8-10)19(17)9-13(16)14-7-6-12(3)18-14/h4-8H,9H2,1-3H3. The van der Waals surface area contributed by atoms with Gasteiger partial charge in [-0.05, 0) is 50.1 Å². The molecule has 0 saturated carbocycles. The van der Waals surface area contributed by atoms with Gasteiger partial charge < -0.3 is 0 Å². The monoisotopic (exact) mass is 292 g/mol. The summed E-state index contributed by atoms with van der Waals surface area (Å²) in [7, 11) is -1.27. The number of thiophene rings is 1. The average molecular weight is 292 g/mol. The first kappa shape index (κ1) is 14.2. The summed E-state index contributed by atoms with van der Waals surface area (Å²) in [6, 6.07) is 9.56. The second kappa shape index (κ2) is 5.80. The highest BCUT2D eigenvalue weighted by molar-refractivity contribution is 7.85. The van der Waals surface area contributed by atoms with Gasteiger partial charge in [0, 0.05) is 9.77 Å². The number of hydrogen-bond acceptors (Lipinski definition) is 3. The van der Waals surface area contributed by atoms with E-state index in [1.165, 1.54) is 11.3 Å². The lowest BCUT2D eigenvalue weighted by molar-refractivity contribution is 0.102. The molecule has 0 spiro atoms. The average Bonchev–Trinajstić information content (AvgIpc) is 2.79. The fraction of sp³-hybridized carbons (Fsp3) is 0.267. The van der Waals surface area contributed by atoms with Crippen LogP contribution in [-0.2, 0) is 10.8 Å². The van der Waals surface area contributed by atoms with E-state index in [0.717, 1.165) is 20.9 Å². The van der Waals surface area contributed by atoms with E-state index in [-0.39, 0.29) is 11.5 Å². The molecule has 1 aromatic heterocycles. The van der Waals surface area contributed by atoms with Crippen LogP contribution in [0.1, 0.15) is 25.7 Å². The van der Waals surface area contributed by atoms with Crippen LogP contribution in [-0.4, -0.2) is 15.7 Å². The van der Waals surface area contributed by atoms with Gasteiger partial charge >= 0.3 is 0 Å². The number of aryl methyl sites for hydroxylation is 3. The summed E-state index contributed by atoms with van der Waals surface area (Å²) < 4.78 is 12.3. The highest BCUT2D eigenvalue weighted by Gasteiger charge is 2.15. The first-order chi connectivity index (χ1) is 8.97. The summed E-state index contributed by atoms with van der Waals surface area (Å²) in [5.74, 6) is 0.0156. The quantitative estimate of drug-likeness (QED) is 0.806. The molecule has 2 nitrogen and oxygen atoms in total. The SMILES string of the molecule is Cc1ccc(C)c(S(=O)CC(=O)c2ccc(C)s2)c1. The van der Waals surface area contributed by atoms with Crippen molar-refractivity contribution in [2.45, 2.75) is 25.7 Å². The van der Waals surface area contributed by atoms with E-state index in [9.17, 15) is 9.00 Å². The Labute approximate surface area is 119 Å². The highest BCUT2D eigenvalue weighted by Crippen LogP contribution is 2.19. The van der Waals surface area contributed by atoms with Gasteiger partial charge in [0.15, 0.2) is 5.78 Å². The lowest BCUT2D eigenvalue weighted by Gasteiger charge is -2.06. The van der Waals surface area contributed by atoms with Crippen LogP contribution in [0.2, 0.25) is 0 Å². The molecule has 1 unspecified atom stereocenters. The Morgan fingerprint density at radius 3 is 2.53 bits per heavy atom. The van der Waals surface area contributed by atoms with Crippen LogP contribution in [0, 0.1) is 20.8 Å². The molecule has 0 bridgehead atoms. The molecule has 2 rings (SSSR count). The number of ketones is 1. The number of benzene rings is 1. The van der Waals surface area contributed by atoms with E-state index in [2.05, 4.69) is 0 Å². The van der Waals surface area contributed by atoms with Gasteiger partial charge in [0.2, 0.25) is 0 Å². The number of rotatable bonds is 4. The molecule has 0 aliphatic rings. The van der Waals surface area contributed by atoms with Crippen LogP contribution >= 0.6 is 11.3 Å². The van der Waals surface area contributed by atoms with E-state index >= 15 is 0 Å². The van der Waals surface area contributed by atoms with Crippen molar-refractivity contribution in [3.8, 4) is 0 Å². The molecule has 0 fully saturated rings. The van der Waals surface area contributed by atoms with Crippen molar-refractivity contribution in [2.75, 3.05) is 5.75 Å². The fourth-order valence-electron chi connectivity index (χ4n) is 1.80. The summed E-state index contributed by atoms with van der Waals surface area (Å²) in [6.07, 6.45) is 0. The maximum absolute atomic E-state index is 12.3. The van der Waals surface area contributed by atoms with Gasteiger partial charge in [0.05, 0.1) is 21.4 Å². The Bertz CT molecular complexity index is 641. The molecule has 19 heavy (non-hydrogen) atoms. The number of hydrogen-bond donors (Lipinski definition) is 0. The molecule has 0 radical (unpaired) electrons. The Balaban J connectivity index is 2.17. The minimum absolute atomic E-state index is 0.0441. The van der Waals surface area contributed by atoms with Crippen molar-refractivity contribution in [2.24, 2.45) is 0 Å². The Morgan fingerprint density at radius 1 is 1.16 bits per heavy atom. The van der Waals surface area contributed by atoms with Crippen molar-refractivity contribution in [3.63, 3.8) is 0 Å². The van der Waals surface area contributed by atoms with Crippen LogP contribution in [0.15, 0.2) is 35.2 Å². The smallest absolute Gasteiger partial charge is 0.185 e. The predicted molar refractivity (Wildman–Crippen MR) is 80.6 cm³/mol. The molecule has 1 aromatic carbocycles. The summed E-state index contributed by atoms with van der Waals surface area (Å²) in [5, 5.41) is 0. The third-order valence-electron chi connectivity index (χ3n) is 2.87. The topological polar surface area (TPSA) is 34.1 Å². The highest BCUT2D eigenvalue weighted by atomic mass is 32.2. The minimum Gasteiger partial charge on any atom is -0.292 e.